The molecule has 17 heavy (non-hydrogen) atoms. The molecule has 1 rings (SSSR count). The van der Waals surface area contributed by atoms with E-state index in [1.807, 2.05) is 0 Å². The minimum atomic E-state index is -4.63. The molecule has 0 aliphatic carbocycles. The van der Waals surface area contributed by atoms with E-state index in [0.717, 1.165) is 0 Å². The number of phenols is 1. The largest absolute Gasteiger partial charge is 0.504 e. The maximum Gasteiger partial charge on any atom is 0.407 e. The summed E-state index contributed by atoms with van der Waals surface area (Å²) in [5, 5.41) is 9.57. The Morgan fingerprint density at radius 1 is 1.41 bits per heavy atom. The second-order valence-corrected chi connectivity index (χ2v) is 3.89. The molecule has 0 bridgehead atoms. The minimum Gasteiger partial charge on any atom is -0.504 e. The molecule has 0 aromatic heterocycles. The van der Waals surface area contributed by atoms with E-state index in [4.69, 9.17) is 10.5 Å². The van der Waals surface area contributed by atoms with E-state index in [-0.39, 0.29) is 22.6 Å². The smallest absolute Gasteiger partial charge is 0.407 e. The summed E-state index contributed by atoms with van der Waals surface area (Å²) in [6.07, 6.45) is -4.63. The summed E-state index contributed by atoms with van der Waals surface area (Å²) in [4.78, 5) is 0. The number of aromatic hydroxyl groups is 1. The van der Waals surface area contributed by atoms with Crippen LogP contribution >= 0.6 is 28.3 Å². The van der Waals surface area contributed by atoms with Gasteiger partial charge in [0.25, 0.3) is 0 Å². The average Bonchev–Trinajstić information content (AvgIpc) is 2.16. The monoisotopic (exact) mass is 335 g/mol. The van der Waals surface area contributed by atoms with Crippen molar-refractivity contribution >= 4 is 28.3 Å². The number of halogens is 5. The first kappa shape index (κ1) is 16.3. The number of nitrogens with two attached hydrogens (primary N) is 1. The van der Waals surface area contributed by atoms with Crippen LogP contribution in [0.4, 0.5) is 13.2 Å². The number of benzene rings is 1. The third kappa shape index (κ3) is 3.40. The fourth-order valence-corrected chi connectivity index (χ4v) is 1.75. The zero-order valence-electron chi connectivity index (χ0n) is 8.58. The van der Waals surface area contributed by atoms with Crippen LogP contribution in [0.1, 0.15) is 11.6 Å². The van der Waals surface area contributed by atoms with Gasteiger partial charge in [-0.25, -0.2) is 0 Å². The van der Waals surface area contributed by atoms with E-state index in [1.165, 1.54) is 19.2 Å². The lowest BCUT2D eigenvalue weighted by Gasteiger charge is -2.19. The molecular formula is C9H10BrClF3NO2. The van der Waals surface area contributed by atoms with Crippen molar-refractivity contribution in [3.05, 3.63) is 22.2 Å². The SMILES string of the molecule is COc1ccc(Br)c([C@@H](N)C(F)(F)F)c1O.Cl. The second-order valence-electron chi connectivity index (χ2n) is 3.03. The quantitative estimate of drug-likeness (QED) is 0.872. The first-order valence-electron chi connectivity index (χ1n) is 4.16. The number of ether oxygens (including phenoxy) is 1. The Hall–Kier alpha value is -0.660. The molecule has 1 aromatic rings. The molecule has 3 N–H and O–H groups in total. The van der Waals surface area contributed by atoms with Crippen LogP contribution in [-0.2, 0) is 0 Å². The van der Waals surface area contributed by atoms with Crippen LogP contribution in [0.5, 0.6) is 11.5 Å². The second kappa shape index (κ2) is 5.79. The lowest BCUT2D eigenvalue weighted by atomic mass is 10.1. The molecule has 0 spiro atoms. The van der Waals surface area contributed by atoms with Gasteiger partial charge < -0.3 is 15.6 Å². The zero-order valence-corrected chi connectivity index (χ0v) is 11.0. The Kier molecular flexibility index (Phi) is 5.57. The Morgan fingerprint density at radius 2 is 1.94 bits per heavy atom. The lowest BCUT2D eigenvalue weighted by Crippen LogP contribution is -2.28. The van der Waals surface area contributed by atoms with Crippen LogP contribution in [0.3, 0.4) is 0 Å². The Bertz CT molecular complexity index is 401. The lowest BCUT2D eigenvalue weighted by molar-refractivity contribution is -0.149. The normalized spacial score (nSPS) is 12.8. The van der Waals surface area contributed by atoms with Crippen molar-refractivity contribution in [3.8, 4) is 11.5 Å². The fourth-order valence-electron chi connectivity index (χ4n) is 1.19. The van der Waals surface area contributed by atoms with Crippen molar-refractivity contribution in [1.29, 1.82) is 0 Å². The number of rotatable bonds is 2. The van der Waals surface area contributed by atoms with Gasteiger partial charge in [-0.15, -0.1) is 12.4 Å². The van der Waals surface area contributed by atoms with Gasteiger partial charge >= 0.3 is 6.18 Å². The first-order valence-corrected chi connectivity index (χ1v) is 4.96. The molecule has 0 saturated carbocycles. The molecule has 0 heterocycles. The van der Waals surface area contributed by atoms with E-state index in [9.17, 15) is 18.3 Å². The highest BCUT2D eigenvalue weighted by Crippen LogP contribution is 2.43. The molecule has 0 aliphatic heterocycles. The standard InChI is InChI=1S/C9H9BrF3NO2.ClH/c1-16-5-3-2-4(10)6(7(5)15)8(14)9(11,12)13;/h2-3,8,15H,14H2,1H3;1H/t8-;/m1./s1. The van der Waals surface area contributed by atoms with Crippen molar-refractivity contribution < 1.29 is 23.0 Å². The van der Waals surface area contributed by atoms with Gasteiger partial charge in [0.1, 0.15) is 6.04 Å². The Balaban J connectivity index is 0.00000256. The van der Waals surface area contributed by atoms with E-state index in [1.54, 1.807) is 0 Å². The van der Waals surface area contributed by atoms with Crippen molar-refractivity contribution in [2.24, 2.45) is 5.73 Å². The molecule has 0 aliphatic rings. The van der Waals surface area contributed by atoms with Crippen LogP contribution in [0.25, 0.3) is 0 Å². The van der Waals surface area contributed by atoms with E-state index in [0.29, 0.717) is 0 Å². The Labute approximate surface area is 110 Å². The highest BCUT2D eigenvalue weighted by molar-refractivity contribution is 9.10. The van der Waals surface area contributed by atoms with Crippen LogP contribution in [-0.4, -0.2) is 18.4 Å². The van der Waals surface area contributed by atoms with Gasteiger partial charge in [0.2, 0.25) is 0 Å². The predicted octanol–water partition coefficient (Wildman–Crippen LogP) is 3.15. The molecule has 0 saturated heterocycles. The maximum atomic E-state index is 12.4. The Morgan fingerprint density at radius 3 is 2.35 bits per heavy atom. The number of methoxy groups -OCH3 is 1. The highest BCUT2D eigenvalue weighted by Gasteiger charge is 2.40. The molecule has 1 aromatic carbocycles. The van der Waals surface area contributed by atoms with Gasteiger partial charge in [0, 0.05) is 10.0 Å². The van der Waals surface area contributed by atoms with E-state index in [2.05, 4.69) is 15.9 Å². The number of phenolic OH excluding ortho intramolecular Hbond substituents is 1. The minimum absolute atomic E-state index is 0. The molecule has 0 amide bonds. The molecular weight excluding hydrogens is 326 g/mol. The summed E-state index contributed by atoms with van der Waals surface area (Å²) in [7, 11) is 1.24. The number of alkyl halides is 3. The van der Waals surface area contributed by atoms with Crippen molar-refractivity contribution in [2.45, 2.75) is 12.2 Å². The van der Waals surface area contributed by atoms with Gasteiger partial charge in [-0.05, 0) is 12.1 Å². The number of hydrogen-bond acceptors (Lipinski definition) is 3. The molecule has 98 valence electrons. The molecule has 0 unspecified atom stereocenters. The molecule has 0 radical (unpaired) electrons. The fraction of sp³-hybridized carbons (Fsp3) is 0.333. The summed E-state index contributed by atoms with van der Waals surface area (Å²) in [6.45, 7) is 0. The summed E-state index contributed by atoms with van der Waals surface area (Å²) in [6, 6.07) is 0.405. The summed E-state index contributed by atoms with van der Waals surface area (Å²) in [5.74, 6) is -0.667. The van der Waals surface area contributed by atoms with E-state index < -0.39 is 23.5 Å². The third-order valence-corrected chi connectivity index (χ3v) is 2.70. The van der Waals surface area contributed by atoms with Crippen molar-refractivity contribution in [2.75, 3.05) is 7.11 Å². The summed E-state index contributed by atoms with van der Waals surface area (Å²) >= 11 is 2.91. The van der Waals surface area contributed by atoms with Gasteiger partial charge in [-0.2, -0.15) is 13.2 Å². The van der Waals surface area contributed by atoms with Gasteiger partial charge in [0.15, 0.2) is 11.5 Å². The molecule has 0 fully saturated rings. The molecule has 1 atom stereocenters. The van der Waals surface area contributed by atoms with Gasteiger partial charge in [-0.1, -0.05) is 15.9 Å². The summed E-state index contributed by atoms with van der Waals surface area (Å²) < 4.78 is 42.1. The van der Waals surface area contributed by atoms with Crippen LogP contribution in [0.15, 0.2) is 16.6 Å². The zero-order chi connectivity index (χ0) is 12.5. The van der Waals surface area contributed by atoms with Crippen LogP contribution in [0, 0.1) is 0 Å². The predicted molar refractivity (Wildman–Crippen MR) is 62.6 cm³/mol. The van der Waals surface area contributed by atoms with Crippen LogP contribution < -0.4 is 10.5 Å². The first-order chi connectivity index (χ1) is 7.29. The average molecular weight is 337 g/mol. The highest BCUT2D eigenvalue weighted by atomic mass is 79.9. The van der Waals surface area contributed by atoms with Crippen LogP contribution in [0.2, 0.25) is 0 Å². The van der Waals surface area contributed by atoms with Crippen molar-refractivity contribution in [1.82, 2.24) is 0 Å². The van der Waals surface area contributed by atoms with Gasteiger partial charge in [0.05, 0.1) is 7.11 Å². The molecule has 3 nitrogen and oxygen atoms in total. The maximum absolute atomic E-state index is 12.4. The topological polar surface area (TPSA) is 55.5 Å². The van der Waals surface area contributed by atoms with Crippen molar-refractivity contribution in [3.63, 3.8) is 0 Å². The summed E-state index contributed by atoms with van der Waals surface area (Å²) in [5.41, 5.74) is 4.59. The number of hydrogen-bond donors (Lipinski definition) is 2. The third-order valence-electron chi connectivity index (χ3n) is 2.01. The van der Waals surface area contributed by atoms with E-state index >= 15 is 0 Å². The van der Waals surface area contributed by atoms with Gasteiger partial charge in [-0.3, -0.25) is 0 Å². The molecule has 8 heteroatoms.